The monoisotopic (exact) mass is 184 g/mol. The Kier molecular flexibility index (Phi) is 3.13. The number of nitrogens with zero attached hydrogens (tertiary/aromatic N) is 2. The summed E-state index contributed by atoms with van der Waals surface area (Å²) in [6.07, 6.45) is 2.59. The number of nitrogens with two attached hydrogens (primary N) is 1. The number of carbonyl (C=O) groups is 1. The summed E-state index contributed by atoms with van der Waals surface area (Å²) in [4.78, 5) is 18.5. The molecule has 0 aliphatic heterocycles. The van der Waals surface area contributed by atoms with Crippen LogP contribution in [0.4, 0.5) is 10.2 Å². The van der Waals surface area contributed by atoms with Gasteiger partial charge in [0.15, 0.2) is 0 Å². The zero-order valence-corrected chi connectivity index (χ0v) is 6.83. The van der Waals surface area contributed by atoms with E-state index in [2.05, 4.69) is 15.3 Å². The normalized spacial score (nSPS) is 9.62. The van der Waals surface area contributed by atoms with E-state index >= 15 is 0 Å². The van der Waals surface area contributed by atoms with Crippen molar-refractivity contribution in [3.8, 4) is 0 Å². The Hall–Kier alpha value is -1.72. The number of rotatable bonds is 3. The molecule has 1 heterocycles. The van der Waals surface area contributed by atoms with Gasteiger partial charge in [0.1, 0.15) is 18.2 Å². The highest BCUT2D eigenvalue weighted by molar-refractivity contribution is 5.92. The molecule has 0 fully saturated rings. The molecule has 0 saturated heterocycles. The second-order valence-corrected chi connectivity index (χ2v) is 2.27. The highest BCUT2D eigenvalue weighted by atomic mass is 19.1. The Labute approximate surface area is 74.2 Å². The molecule has 13 heavy (non-hydrogen) atoms. The van der Waals surface area contributed by atoms with Crippen LogP contribution in [0.15, 0.2) is 12.4 Å². The summed E-state index contributed by atoms with van der Waals surface area (Å²) in [5.74, 6) is -0.314. The highest BCUT2D eigenvalue weighted by Gasteiger charge is 2.06. The lowest BCUT2D eigenvalue weighted by molar-refractivity contribution is 0.0945. The van der Waals surface area contributed by atoms with E-state index in [1.807, 2.05) is 0 Å². The number of halogens is 1. The van der Waals surface area contributed by atoms with Crippen LogP contribution in [0.1, 0.15) is 10.5 Å². The summed E-state index contributed by atoms with van der Waals surface area (Å²) in [5, 5.41) is 2.30. The molecule has 1 aromatic rings. The maximum absolute atomic E-state index is 11.7. The molecule has 0 unspecified atom stereocenters. The number of nitrogens with one attached hydrogen (secondary N) is 1. The van der Waals surface area contributed by atoms with Gasteiger partial charge in [-0.3, -0.25) is 9.78 Å². The zero-order chi connectivity index (χ0) is 9.68. The SMILES string of the molecule is Nc1cncc(C(=O)NCCF)n1. The van der Waals surface area contributed by atoms with Crippen molar-refractivity contribution in [1.29, 1.82) is 0 Å². The van der Waals surface area contributed by atoms with E-state index in [0.29, 0.717) is 0 Å². The minimum atomic E-state index is -0.610. The van der Waals surface area contributed by atoms with Crippen LogP contribution in [0, 0.1) is 0 Å². The molecule has 0 aromatic carbocycles. The molecule has 0 aliphatic carbocycles. The third-order valence-corrected chi connectivity index (χ3v) is 1.27. The molecule has 6 heteroatoms. The molecule has 0 spiro atoms. The van der Waals surface area contributed by atoms with Gasteiger partial charge < -0.3 is 11.1 Å². The van der Waals surface area contributed by atoms with Crippen LogP contribution >= 0.6 is 0 Å². The van der Waals surface area contributed by atoms with E-state index in [4.69, 9.17) is 5.73 Å². The van der Waals surface area contributed by atoms with Gasteiger partial charge in [0.2, 0.25) is 0 Å². The number of aromatic nitrogens is 2. The van der Waals surface area contributed by atoms with Crippen LogP contribution in [0.5, 0.6) is 0 Å². The fourth-order valence-electron chi connectivity index (χ4n) is 0.742. The van der Waals surface area contributed by atoms with Crippen molar-refractivity contribution in [2.45, 2.75) is 0 Å². The van der Waals surface area contributed by atoms with E-state index < -0.39 is 12.6 Å². The average molecular weight is 184 g/mol. The van der Waals surface area contributed by atoms with Crippen molar-refractivity contribution in [3.63, 3.8) is 0 Å². The Bertz CT molecular complexity index is 304. The number of hydrogen-bond donors (Lipinski definition) is 2. The molecular weight excluding hydrogens is 175 g/mol. The topological polar surface area (TPSA) is 80.9 Å². The largest absolute Gasteiger partial charge is 0.382 e. The lowest BCUT2D eigenvalue weighted by Crippen LogP contribution is -2.26. The number of nitrogen functional groups attached to an aromatic ring is 1. The Morgan fingerprint density at radius 1 is 1.62 bits per heavy atom. The Morgan fingerprint density at radius 3 is 3.00 bits per heavy atom. The summed E-state index contributed by atoms with van der Waals surface area (Å²) in [6.45, 7) is -0.642. The molecule has 70 valence electrons. The van der Waals surface area contributed by atoms with Gasteiger partial charge in [-0.25, -0.2) is 9.37 Å². The summed E-state index contributed by atoms with van der Waals surface area (Å²) in [6, 6.07) is 0. The molecule has 1 rings (SSSR count). The Morgan fingerprint density at radius 2 is 2.38 bits per heavy atom. The molecule has 1 amide bonds. The van der Waals surface area contributed by atoms with Crippen LogP contribution in [0.2, 0.25) is 0 Å². The molecule has 0 atom stereocenters. The van der Waals surface area contributed by atoms with Crippen molar-refractivity contribution in [2.75, 3.05) is 19.0 Å². The van der Waals surface area contributed by atoms with Gasteiger partial charge >= 0.3 is 0 Å². The summed E-state index contributed by atoms with van der Waals surface area (Å²) in [7, 11) is 0. The Balaban J connectivity index is 2.66. The first kappa shape index (κ1) is 9.37. The highest BCUT2D eigenvalue weighted by Crippen LogP contribution is 1.96. The van der Waals surface area contributed by atoms with Gasteiger partial charge in [-0.05, 0) is 0 Å². The van der Waals surface area contributed by atoms with Crippen molar-refractivity contribution in [1.82, 2.24) is 15.3 Å². The van der Waals surface area contributed by atoms with Crippen molar-refractivity contribution in [2.24, 2.45) is 0 Å². The minimum absolute atomic E-state index is 0.0324. The van der Waals surface area contributed by atoms with Gasteiger partial charge in [0, 0.05) is 6.54 Å². The van der Waals surface area contributed by atoms with Crippen LogP contribution < -0.4 is 11.1 Å². The first-order valence-electron chi connectivity index (χ1n) is 3.65. The third-order valence-electron chi connectivity index (χ3n) is 1.27. The van der Waals surface area contributed by atoms with Crippen LogP contribution in [0.3, 0.4) is 0 Å². The smallest absolute Gasteiger partial charge is 0.271 e. The second kappa shape index (κ2) is 4.34. The summed E-state index contributed by atoms with van der Waals surface area (Å²) >= 11 is 0. The zero-order valence-electron chi connectivity index (χ0n) is 6.83. The number of alkyl halides is 1. The molecule has 0 bridgehead atoms. The van der Waals surface area contributed by atoms with Crippen LogP contribution in [-0.4, -0.2) is 29.1 Å². The molecule has 0 radical (unpaired) electrons. The number of hydrogen-bond acceptors (Lipinski definition) is 4. The van der Waals surface area contributed by atoms with Crippen LogP contribution in [0.25, 0.3) is 0 Å². The molecule has 5 nitrogen and oxygen atoms in total. The van der Waals surface area contributed by atoms with Gasteiger partial charge in [0.25, 0.3) is 5.91 Å². The van der Waals surface area contributed by atoms with E-state index in [-0.39, 0.29) is 18.1 Å². The van der Waals surface area contributed by atoms with E-state index in [1.54, 1.807) is 0 Å². The maximum Gasteiger partial charge on any atom is 0.271 e. The van der Waals surface area contributed by atoms with Crippen molar-refractivity contribution in [3.05, 3.63) is 18.1 Å². The lowest BCUT2D eigenvalue weighted by atomic mass is 10.4. The third kappa shape index (κ3) is 2.66. The number of carbonyl (C=O) groups excluding carboxylic acids is 1. The molecule has 3 N–H and O–H groups in total. The van der Waals surface area contributed by atoms with Gasteiger partial charge in [-0.1, -0.05) is 0 Å². The molecular formula is C7H9FN4O. The average Bonchev–Trinajstić information content (AvgIpc) is 2.14. The fraction of sp³-hybridized carbons (Fsp3) is 0.286. The summed E-state index contributed by atoms with van der Waals surface area (Å²) in [5.41, 5.74) is 5.39. The summed E-state index contributed by atoms with van der Waals surface area (Å²) < 4.78 is 11.7. The number of amides is 1. The predicted octanol–water partition coefficient (Wildman–Crippen LogP) is -0.242. The number of anilines is 1. The first-order valence-corrected chi connectivity index (χ1v) is 3.65. The van der Waals surface area contributed by atoms with Gasteiger partial charge in [-0.2, -0.15) is 0 Å². The molecule has 0 aliphatic rings. The van der Waals surface area contributed by atoms with Gasteiger partial charge in [0.05, 0.1) is 12.4 Å². The standard InChI is InChI=1S/C7H9FN4O/c8-1-2-11-7(13)5-3-10-4-6(9)12-5/h3-4H,1-2H2,(H2,9,12)(H,11,13). The predicted molar refractivity (Wildman–Crippen MR) is 44.8 cm³/mol. The fourth-order valence-corrected chi connectivity index (χ4v) is 0.742. The minimum Gasteiger partial charge on any atom is -0.382 e. The van der Waals surface area contributed by atoms with Crippen LogP contribution in [-0.2, 0) is 0 Å². The van der Waals surface area contributed by atoms with Gasteiger partial charge in [-0.15, -0.1) is 0 Å². The quantitative estimate of drug-likeness (QED) is 0.679. The van der Waals surface area contributed by atoms with E-state index in [0.717, 1.165) is 0 Å². The van der Waals surface area contributed by atoms with Crippen molar-refractivity contribution < 1.29 is 9.18 Å². The lowest BCUT2D eigenvalue weighted by Gasteiger charge is -2.01. The van der Waals surface area contributed by atoms with E-state index in [1.165, 1.54) is 12.4 Å². The van der Waals surface area contributed by atoms with Crippen molar-refractivity contribution >= 4 is 11.7 Å². The first-order chi connectivity index (χ1) is 6.24. The maximum atomic E-state index is 11.7. The molecule has 0 saturated carbocycles. The van der Waals surface area contributed by atoms with E-state index in [9.17, 15) is 9.18 Å². The second-order valence-electron chi connectivity index (χ2n) is 2.27. The molecule has 1 aromatic heterocycles.